The molecule has 6 atom stereocenters. The molecular weight excluding hydrogens is 320 g/mol. The molecule has 3 aliphatic rings. The molecule has 0 spiro atoms. The lowest BCUT2D eigenvalue weighted by atomic mass is 9.75. The van der Waals surface area contributed by atoms with E-state index in [1.54, 1.807) is 26.8 Å². The minimum Gasteiger partial charge on any atom is -0.458 e. The fraction of sp³-hybridized carbons (Fsp3) is 0.700. The number of carbonyl (C=O) groups excluding carboxylic acids is 2. The number of carbonyl (C=O) groups is 2. The molecule has 0 aromatic heterocycles. The van der Waals surface area contributed by atoms with Crippen LogP contribution in [-0.2, 0) is 19.1 Å². The van der Waals surface area contributed by atoms with Gasteiger partial charge in [0.05, 0.1) is 5.60 Å². The summed E-state index contributed by atoms with van der Waals surface area (Å²) < 4.78 is 11.4. The zero-order valence-electron chi connectivity index (χ0n) is 15.7. The van der Waals surface area contributed by atoms with Crippen LogP contribution in [0.1, 0.15) is 53.9 Å². The maximum Gasteiger partial charge on any atom is 0.351 e. The van der Waals surface area contributed by atoms with Crippen molar-refractivity contribution in [3.63, 3.8) is 0 Å². The first-order chi connectivity index (χ1) is 11.6. The lowest BCUT2D eigenvalue weighted by Gasteiger charge is -2.34. The van der Waals surface area contributed by atoms with E-state index in [2.05, 4.69) is 6.08 Å². The van der Waals surface area contributed by atoms with Crippen LogP contribution in [0.5, 0.6) is 0 Å². The van der Waals surface area contributed by atoms with Gasteiger partial charge in [0.2, 0.25) is 5.60 Å². The smallest absolute Gasteiger partial charge is 0.351 e. The Labute approximate surface area is 149 Å². The Morgan fingerprint density at radius 1 is 1.40 bits per heavy atom. The summed E-state index contributed by atoms with van der Waals surface area (Å²) in [5.41, 5.74) is -0.511. The van der Waals surface area contributed by atoms with Crippen LogP contribution < -0.4 is 0 Å². The molecule has 5 nitrogen and oxygen atoms in total. The van der Waals surface area contributed by atoms with Gasteiger partial charge < -0.3 is 14.6 Å². The first-order valence-electron chi connectivity index (χ1n) is 9.08. The number of allylic oxidation sites excluding steroid dienone is 2. The average molecular weight is 348 g/mol. The van der Waals surface area contributed by atoms with Gasteiger partial charge in [-0.25, -0.2) is 9.59 Å². The fourth-order valence-electron chi connectivity index (χ4n) is 4.73. The first-order valence-corrected chi connectivity index (χ1v) is 9.08. The van der Waals surface area contributed by atoms with E-state index in [1.165, 1.54) is 0 Å². The molecule has 0 unspecified atom stereocenters. The van der Waals surface area contributed by atoms with Crippen molar-refractivity contribution in [2.75, 3.05) is 0 Å². The molecule has 1 N–H and O–H groups in total. The van der Waals surface area contributed by atoms with Crippen LogP contribution in [0.2, 0.25) is 0 Å². The van der Waals surface area contributed by atoms with Crippen molar-refractivity contribution in [2.45, 2.75) is 71.2 Å². The summed E-state index contributed by atoms with van der Waals surface area (Å²) in [6.07, 6.45) is 5.38. The van der Waals surface area contributed by atoms with Crippen molar-refractivity contribution in [3.05, 3.63) is 23.3 Å². The molecule has 2 fully saturated rings. The van der Waals surface area contributed by atoms with Crippen LogP contribution >= 0.6 is 0 Å². The molecule has 0 amide bonds. The maximum absolute atomic E-state index is 12.7. The number of aliphatic hydroxyl groups is 1. The summed E-state index contributed by atoms with van der Waals surface area (Å²) in [7, 11) is 0. The van der Waals surface area contributed by atoms with E-state index in [-0.39, 0.29) is 23.9 Å². The number of esters is 2. The van der Waals surface area contributed by atoms with Crippen molar-refractivity contribution in [1.82, 2.24) is 0 Å². The summed E-state index contributed by atoms with van der Waals surface area (Å²) in [5, 5.41) is 11.0. The molecule has 138 valence electrons. The molecule has 1 saturated carbocycles. The molecule has 1 aliphatic heterocycles. The Morgan fingerprint density at radius 2 is 2.08 bits per heavy atom. The predicted octanol–water partition coefficient (Wildman–Crippen LogP) is 2.92. The van der Waals surface area contributed by atoms with E-state index in [4.69, 9.17) is 9.47 Å². The monoisotopic (exact) mass is 348 g/mol. The number of ether oxygens (including phenoxy) is 2. The van der Waals surface area contributed by atoms with Gasteiger partial charge in [-0.05, 0) is 53.9 Å². The Bertz CT molecular complexity index is 659. The van der Waals surface area contributed by atoms with E-state index in [0.29, 0.717) is 18.4 Å². The van der Waals surface area contributed by atoms with Gasteiger partial charge in [-0.1, -0.05) is 17.7 Å². The second-order valence-corrected chi connectivity index (χ2v) is 8.16. The number of hydrogen-bond donors (Lipinski definition) is 1. The largest absolute Gasteiger partial charge is 0.458 e. The van der Waals surface area contributed by atoms with Crippen molar-refractivity contribution in [3.8, 4) is 0 Å². The van der Waals surface area contributed by atoms with Gasteiger partial charge in [-0.3, -0.25) is 0 Å². The summed E-state index contributed by atoms with van der Waals surface area (Å²) in [6, 6.07) is 0. The molecular formula is C20H28O5. The van der Waals surface area contributed by atoms with Gasteiger partial charge in [0, 0.05) is 23.3 Å². The summed E-state index contributed by atoms with van der Waals surface area (Å²) in [5.74, 6) is -1.20. The highest BCUT2D eigenvalue weighted by Gasteiger charge is 2.63. The van der Waals surface area contributed by atoms with Crippen molar-refractivity contribution in [1.29, 1.82) is 0 Å². The van der Waals surface area contributed by atoms with E-state index < -0.39 is 23.1 Å². The lowest BCUT2D eigenvalue weighted by molar-refractivity contribution is -0.171. The number of rotatable bonds is 2. The third-order valence-electron chi connectivity index (χ3n) is 6.58. The minimum atomic E-state index is -1.31. The van der Waals surface area contributed by atoms with Crippen LogP contribution in [0, 0.1) is 17.8 Å². The Hall–Kier alpha value is -1.62. The molecule has 25 heavy (non-hydrogen) atoms. The van der Waals surface area contributed by atoms with Gasteiger partial charge in [-0.15, -0.1) is 0 Å². The van der Waals surface area contributed by atoms with E-state index >= 15 is 0 Å². The second-order valence-electron chi connectivity index (χ2n) is 8.16. The minimum absolute atomic E-state index is 0.0187. The lowest BCUT2D eigenvalue weighted by Crippen LogP contribution is -2.44. The highest BCUT2D eigenvalue weighted by molar-refractivity contribution is 5.92. The van der Waals surface area contributed by atoms with Crippen LogP contribution in [-0.4, -0.2) is 34.4 Å². The van der Waals surface area contributed by atoms with Gasteiger partial charge in [0.15, 0.2) is 0 Å². The zero-order chi connectivity index (χ0) is 18.6. The Morgan fingerprint density at radius 3 is 2.72 bits per heavy atom. The van der Waals surface area contributed by atoms with Crippen LogP contribution in [0.15, 0.2) is 23.3 Å². The average Bonchev–Trinajstić information content (AvgIpc) is 3.00. The maximum atomic E-state index is 12.7. The molecule has 0 aromatic carbocycles. The van der Waals surface area contributed by atoms with Crippen molar-refractivity contribution >= 4 is 11.9 Å². The van der Waals surface area contributed by atoms with Gasteiger partial charge in [0.1, 0.15) is 6.10 Å². The van der Waals surface area contributed by atoms with Crippen LogP contribution in [0.3, 0.4) is 0 Å². The highest BCUT2D eigenvalue weighted by Crippen LogP contribution is 2.54. The topological polar surface area (TPSA) is 72.8 Å². The predicted molar refractivity (Wildman–Crippen MR) is 92.5 cm³/mol. The van der Waals surface area contributed by atoms with Gasteiger partial charge in [0.25, 0.3) is 0 Å². The molecule has 1 heterocycles. The molecule has 0 aromatic rings. The summed E-state index contributed by atoms with van der Waals surface area (Å²) in [6.45, 7) is 8.98. The standard InChI is InChI=1S/C20H28O5/c1-6-11(2)17(21)25-20(5)14-9-10-19(4,23)13-8-7-12(3)15(13)16(14)24-18(20)22/h6-7,13-16,23H,8-10H2,1-5H3/b11-6-/t13-,14+,15+,16+,19-,20-/m0/s1. The molecule has 0 radical (unpaired) electrons. The normalized spacial score (nSPS) is 43.7. The van der Waals surface area contributed by atoms with Gasteiger partial charge in [-0.2, -0.15) is 0 Å². The number of hydrogen-bond acceptors (Lipinski definition) is 5. The Kier molecular flexibility index (Phi) is 4.34. The van der Waals surface area contributed by atoms with E-state index in [9.17, 15) is 14.7 Å². The van der Waals surface area contributed by atoms with E-state index in [0.717, 1.165) is 12.0 Å². The number of fused-ring (bicyclic) bond motifs is 3. The first kappa shape index (κ1) is 18.2. The van der Waals surface area contributed by atoms with E-state index in [1.807, 2.05) is 13.8 Å². The quantitative estimate of drug-likeness (QED) is 0.472. The SMILES string of the molecule is C/C=C(/C)C(=O)O[C@]1(C)C(=O)O[C@H]2[C@@H]3C(C)=CC[C@@H]3[C@@](C)(O)CC[C@H]21. The molecule has 2 aliphatic carbocycles. The fourth-order valence-corrected chi connectivity index (χ4v) is 4.73. The highest BCUT2D eigenvalue weighted by atomic mass is 16.6. The van der Waals surface area contributed by atoms with Crippen LogP contribution in [0.4, 0.5) is 0 Å². The third-order valence-corrected chi connectivity index (χ3v) is 6.58. The molecule has 5 heteroatoms. The molecule has 3 rings (SSSR count). The second kappa shape index (κ2) is 5.97. The summed E-state index contributed by atoms with van der Waals surface area (Å²) in [4.78, 5) is 25.0. The third kappa shape index (κ3) is 2.73. The van der Waals surface area contributed by atoms with Crippen molar-refractivity contribution in [2.24, 2.45) is 17.8 Å². The molecule has 1 saturated heterocycles. The molecule has 0 bridgehead atoms. The van der Waals surface area contributed by atoms with Gasteiger partial charge >= 0.3 is 11.9 Å². The zero-order valence-corrected chi connectivity index (χ0v) is 15.7. The van der Waals surface area contributed by atoms with Crippen molar-refractivity contribution < 1.29 is 24.2 Å². The van der Waals surface area contributed by atoms with Crippen LogP contribution in [0.25, 0.3) is 0 Å². The summed E-state index contributed by atoms with van der Waals surface area (Å²) >= 11 is 0. The Balaban J connectivity index is 1.96.